The van der Waals surface area contributed by atoms with E-state index in [4.69, 9.17) is 0 Å². The number of rotatable bonds is 5. The molecule has 0 aromatic heterocycles. The number of hydrogen-bond acceptors (Lipinski definition) is 2. The summed E-state index contributed by atoms with van der Waals surface area (Å²) in [5.41, 5.74) is 3.79. The van der Waals surface area contributed by atoms with Gasteiger partial charge in [-0.3, -0.25) is 4.99 Å². The molecule has 0 aliphatic carbocycles. The third-order valence-corrected chi connectivity index (χ3v) is 4.15. The standard InChI is InChI=1S/C21H27NO/c1-15(2)13-22-14-17-11-16(3)12-19(20(17)23)21(4,5)18-9-7-6-8-10-18/h6-12,14-15,23H,13H2,1-5H3. The van der Waals surface area contributed by atoms with E-state index in [0.29, 0.717) is 11.7 Å². The van der Waals surface area contributed by atoms with Crippen LogP contribution in [0.1, 0.15) is 49.9 Å². The van der Waals surface area contributed by atoms with E-state index in [-0.39, 0.29) is 5.41 Å². The quantitative estimate of drug-likeness (QED) is 0.766. The van der Waals surface area contributed by atoms with Gasteiger partial charge in [0, 0.05) is 29.3 Å². The number of aliphatic imine (C=N–C) groups is 1. The Morgan fingerprint density at radius 1 is 1.13 bits per heavy atom. The smallest absolute Gasteiger partial charge is 0.128 e. The molecule has 0 amide bonds. The molecule has 0 aliphatic heterocycles. The summed E-state index contributed by atoms with van der Waals surface area (Å²) in [7, 11) is 0. The zero-order valence-corrected chi connectivity index (χ0v) is 14.8. The van der Waals surface area contributed by atoms with Crippen LogP contribution in [0.3, 0.4) is 0 Å². The first-order valence-electron chi connectivity index (χ1n) is 8.22. The fraction of sp³-hybridized carbons (Fsp3) is 0.381. The molecule has 0 aliphatic rings. The third kappa shape index (κ3) is 4.01. The number of phenols is 1. The lowest BCUT2D eigenvalue weighted by Crippen LogP contribution is -2.19. The molecule has 23 heavy (non-hydrogen) atoms. The second-order valence-electron chi connectivity index (χ2n) is 7.13. The predicted molar refractivity (Wildman–Crippen MR) is 98.7 cm³/mol. The molecule has 2 rings (SSSR count). The van der Waals surface area contributed by atoms with E-state index in [1.165, 1.54) is 5.56 Å². The maximum absolute atomic E-state index is 10.8. The van der Waals surface area contributed by atoms with Gasteiger partial charge in [-0.25, -0.2) is 0 Å². The fourth-order valence-electron chi connectivity index (χ4n) is 2.75. The first kappa shape index (κ1) is 17.3. The highest BCUT2D eigenvalue weighted by Crippen LogP contribution is 2.38. The van der Waals surface area contributed by atoms with E-state index in [1.807, 2.05) is 24.3 Å². The lowest BCUT2D eigenvalue weighted by molar-refractivity contribution is 0.452. The second-order valence-corrected chi connectivity index (χ2v) is 7.13. The molecule has 2 aromatic rings. The summed E-state index contributed by atoms with van der Waals surface area (Å²) in [6, 6.07) is 14.4. The predicted octanol–water partition coefficient (Wildman–Crippen LogP) is 5.10. The van der Waals surface area contributed by atoms with Gasteiger partial charge < -0.3 is 5.11 Å². The van der Waals surface area contributed by atoms with Crippen LogP contribution in [0, 0.1) is 12.8 Å². The van der Waals surface area contributed by atoms with Crippen molar-refractivity contribution in [2.45, 2.75) is 40.0 Å². The van der Waals surface area contributed by atoms with Gasteiger partial charge in [0.1, 0.15) is 5.75 Å². The molecule has 2 heteroatoms. The third-order valence-electron chi connectivity index (χ3n) is 4.15. The van der Waals surface area contributed by atoms with E-state index in [0.717, 1.165) is 23.2 Å². The summed E-state index contributed by atoms with van der Waals surface area (Å²) in [6.45, 7) is 11.4. The number of aromatic hydroxyl groups is 1. The molecule has 0 fully saturated rings. The highest BCUT2D eigenvalue weighted by molar-refractivity contribution is 5.85. The SMILES string of the molecule is Cc1cc(C=NCC(C)C)c(O)c(C(C)(C)c2ccccc2)c1. The summed E-state index contributed by atoms with van der Waals surface area (Å²) in [6.07, 6.45) is 1.80. The molecule has 1 N–H and O–H groups in total. The van der Waals surface area contributed by atoms with Crippen LogP contribution in [0.5, 0.6) is 5.75 Å². The number of phenolic OH excluding ortho intramolecular Hbond substituents is 1. The minimum Gasteiger partial charge on any atom is -0.507 e. The average Bonchev–Trinajstić information content (AvgIpc) is 2.50. The lowest BCUT2D eigenvalue weighted by atomic mass is 9.76. The Morgan fingerprint density at radius 3 is 2.39 bits per heavy atom. The Balaban J connectivity index is 2.47. The van der Waals surface area contributed by atoms with Crippen LogP contribution in [0.2, 0.25) is 0 Å². The highest BCUT2D eigenvalue weighted by atomic mass is 16.3. The fourth-order valence-corrected chi connectivity index (χ4v) is 2.75. The van der Waals surface area contributed by atoms with Crippen molar-refractivity contribution in [2.24, 2.45) is 10.9 Å². The Bertz CT molecular complexity index is 684. The Morgan fingerprint density at radius 2 is 1.78 bits per heavy atom. The van der Waals surface area contributed by atoms with Gasteiger partial charge in [-0.1, -0.05) is 64.1 Å². The molecule has 0 saturated heterocycles. The molecule has 0 unspecified atom stereocenters. The van der Waals surface area contributed by atoms with Gasteiger partial charge in [-0.15, -0.1) is 0 Å². The summed E-state index contributed by atoms with van der Waals surface area (Å²) in [5, 5.41) is 10.8. The number of nitrogens with zero attached hydrogens (tertiary/aromatic N) is 1. The Kier molecular flexibility index (Phi) is 5.25. The number of benzene rings is 2. The number of aryl methyl sites for hydroxylation is 1. The maximum atomic E-state index is 10.8. The van der Waals surface area contributed by atoms with E-state index in [2.05, 4.69) is 57.8 Å². The zero-order valence-electron chi connectivity index (χ0n) is 14.8. The van der Waals surface area contributed by atoms with Crippen LogP contribution in [-0.2, 0) is 5.41 Å². The first-order chi connectivity index (χ1) is 10.8. The topological polar surface area (TPSA) is 32.6 Å². The maximum Gasteiger partial charge on any atom is 0.128 e. The minimum absolute atomic E-state index is 0.266. The monoisotopic (exact) mass is 309 g/mol. The molecule has 0 saturated carbocycles. The normalized spacial score (nSPS) is 12.3. The molecule has 0 heterocycles. The molecule has 0 spiro atoms. The van der Waals surface area contributed by atoms with E-state index in [1.54, 1.807) is 6.21 Å². The average molecular weight is 309 g/mol. The zero-order chi connectivity index (χ0) is 17.0. The first-order valence-corrected chi connectivity index (χ1v) is 8.22. The molecular formula is C21H27NO. The van der Waals surface area contributed by atoms with Crippen molar-refractivity contribution in [3.05, 3.63) is 64.7 Å². The van der Waals surface area contributed by atoms with Crippen molar-refractivity contribution in [1.29, 1.82) is 0 Å². The van der Waals surface area contributed by atoms with Crippen molar-refractivity contribution >= 4 is 6.21 Å². The van der Waals surface area contributed by atoms with Crippen LogP contribution < -0.4 is 0 Å². The molecule has 0 radical (unpaired) electrons. The Hall–Kier alpha value is -2.09. The van der Waals surface area contributed by atoms with Crippen molar-refractivity contribution in [2.75, 3.05) is 6.54 Å². The van der Waals surface area contributed by atoms with Gasteiger partial charge >= 0.3 is 0 Å². The van der Waals surface area contributed by atoms with Crippen molar-refractivity contribution < 1.29 is 5.11 Å². The molecule has 122 valence electrons. The van der Waals surface area contributed by atoms with Crippen LogP contribution >= 0.6 is 0 Å². The van der Waals surface area contributed by atoms with Gasteiger partial charge in [0.15, 0.2) is 0 Å². The van der Waals surface area contributed by atoms with Gasteiger partial charge in [-0.2, -0.15) is 0 Å². The van der Waals surface area contributed by atoms with E-state index >= 15 is 0 Å². The molecule has 0 atom stereocenters. The summed E-state index contributed by atoms with van der Waals surface area (Å²) in [5.74, 6) is 0.843. The van der Waals surface area contributed by atoms with Crippen LogP contribution in [0.15, 0.2) is 47.5 Å². The number of hydrogen-bond donors (Lipinski definition) is 1. The highest BCUT2D eigenvalue weighted by Gasteiger charge is 2.27. The molecular weight excluding hydrogens is 282 g/mol. The molecule has 2 nitrogen and oxygen atoms in total. The molecule has 2 aromatic carbocycles. The van der Waals surface area contributed by atoms with Crippen molar-refractivity contribution in [3.63, 3.8) is 0 Å². The summed E-state index contributed by atoms with van der Waals surface area (Å²) >= 11 is 0. The van der Waals surface area contributed by atoms with Crippen LogP contribution in [-0.4, -0.2) is 17.9 Å². The largest absolute Gasteiger partial charge is 0.507 e. The van der Waals surface area contributed by atoms with Crippen LogP contribution in [0.4, 0.5) is 0 Å². The second kappa shape index (κ2) is 6.99. The minimum atomic E-state index is -0.266. The lowest BCUT2D eigenvalue weighted by Gasteiger charge is -2.28. The van der Waals surface area contributed by atoms with E-state index in [9.17, 15) is 5.11 Å². The van der Waals surface area contributed by atoms with Crippen molar-refractivity contribution in [1.82, 2.24) is 0 Å². The summed E-state index contributed by atoms with van der Waals surface area (Å²) < 4.78 is 0. The molecule has 0 bridgehead atoms. The van der Waals surface area contributed by atoms with Gasteiger partial charge in [0.05, 0.1) is 0 Å². The Labute approximate surface area is 139 Å². The van der Waals surface area contributed by atoms with Crippen LogP contribution in [0.25, 0.3) is 0 Å². The van der Waals surface area contributed by atoms with Gasteiger partial charge in [0.25, 0.3) is 0 Å². The van der Waals surface area contributed by atoms with Crippen molar-refractivity contribution in [3.8, 4) is 5.75 Å². The van der Waals surface area contributed by atoms with E-state index < -0.39 is 0 Å². The van der Waals surface area contributed by atoms with Gasteiger partial charge in [0.2, 0.25) is 0 Å². The summed E-state index contributed by atoms with van der Waals surface area (Å²) in [4.78, 5) is 4.45. The van der Waals surface area contributed by atoms with Gasteiger partial charge in [-0.05, 0) is 30.0 Å².